The van der Waals surface area contributed by atoms with Crippen LogP contribution in [0.3, 0.4) is 0 Å². The van der Waals surface area contributed by atoms with E-state index in [1.807, 2.05) is 24.3 Å². The third kappa shape index (κ3) is 4.14. The molecule has 3 rings (SSSR count). The van der Waals surface area contributed by atoms with E-state index >= 15 is 0 Å². The first-order valence-corrected chi connectivity index (χ1v) is 8.49. The zero-order valence-corrected chi connectivity index (χ0v) is 14.2. The summed E-state index contributed by atoms with van der Waals surface area (Å²) in [4.78, 5) is 11.0. The Balaban J connectivity index is 1.68. The largest absolute Gasteiger partial charge is 0.497 e. The summed E-state index contributed by atoms with van der Waals surface area (Å²) in [7, 11) is 1.66. The SMILES string of the molecule is COc1cccc(-c2cnc(N)nc2NCCCN2CCCC2)c1. The second kappa shape index (κ2) is 7.97. The van der Waals surface area contributed by atoms with Crippen molar-refractivity contribution in [2.75, 3.05) is 44.3 Å². The monoisotopic (exact) mass is 327 g/mol. The third-order valence-corrected chi connectivity index (χ3v) is 4.33. The van der Waals surface area contributed by atoms with Gasteiger partial charge in [0, 0.05) is 18.3 Å². The Morgan fingerprint density at radius 2 is 2.12 bits per heavy atom. The van der Waals surface area contributed by atoms with Crippen molar-refractivity contribution in [3.05, 3.63) is 30.5 Å². The molecule has 1 saturated heterocycles. The fraction of sp³-hybridized carbons (Fsp3) is 0.444. The summed E-state index contributed by atoms with van der Waals surface area (Å²) in [6.07, 6.45) is 5.51. The third-order valence-electron chi connectivity index (χ3n) is 4.33. The number of nitrogen functional groups attached to an aromatic ring is 1. The highest BCUT2D eigenvalue weighted by Gasteiger charge is 2.12. The van der Waals surface area contributed by atoms with Gasteiger partial charge in [0.05, 0.1) is 7.11 Å². The molecular weight excluding hydrogens is 302 g/mol. The molecule has 0 spiro atoms. The van der Waals surface area contributed by atoms with Crippen molar-refractivity contribution in [2.45, 2.75) is 19.3 Å². The number of aromatic nitrogens is 2. The van der Waals surface area contributed by atoms with Gasteiger partial charge < -0.3 is 20.7 Å². The van der Waals surface area contributed by atoms with E-state index in [1.54, 1.807) is 13.3 Å². The van der Waals surface area contributed by atoms with E-state index in [0.29, 0.717) is 0 Å². The number of ether oxygens (including phenoxy) is 1. The van der Waals surface area contributed by atoms with Crippen LogP contribution >= 0.6 is 0 Å². The van der Waals surface area contributed by atoms with Gasteiger partial charge in [0.2, 0.25) is 5.95 Å². The zero-order valence-electron chi connectivity index (χ0n) is 14.2. The van der Waals surface area contributed by atoms with Crippen LogP contribution in [0.1, 0.15) is 19.3 Å². The smallest absolute Gasteiger partial charge is 0.221 e. The van der Waals surface area contributed by atoms with Gasteiger partial charge in [-0.05, 0) is 56.6 Å². The van der Waals surface area contributed by atoms with Crippen LogP contribution in [0.25, 0.3) is 11.1 Å². The highest BCUT2D eigenvalue weighted by atomic mass is 16.5. The number of rotatable bonds is 7. The van der Waals surface area contributed by atoms with Gasteiger partial charge in [-0.15, -0.1) is 0 Å². The number of nitrogens with two attached hydrogens (primary N) is 1. The van der Waals surface area contributed by atoms with Gasteiger partial charge in [-0.3, -0.25) is 0 Å². The van der Waals surface area contributed by atoms with Crippen LogP contribution < -0.4 is 15.8 Å². The average molecular weight is 327 g/mol. The topological polar surface area (TPSA) is 76.3 Å². The Hall–Kier alpha value is -2.34. The van der Waals surface area contributed by atoms with E-state index < -0.39 is 0 Å². The minimum Gasteiger partial charge on any atom is -0.497 e. The van der Waals surface area contributed by atoms with E-state index in [0.717, 1.165) is 42.2 Å². The number of hydrogen-bond donors (Lipinski definition) is 2. The summed E-state index contributed by atoms with van der Waals surface area (Å²) in [5, 5.41) is 3.42. The number of nitrogens with zero attached hydrogens (tertiary/aromatic N) is 3. The molecule has 0 radical (unpaired) electrons. The van der Waals surface area contributed by atoms with Crippen molar-refractivity contribution in [1.29, 1.82) is 0 Å². The Bertz CT molecular complexity index is 670. The molecule has 2 aromatic rings. The van der Waals surface area contributed by atoms with Crippen molar-refractivity contribution in [2.24, 2.45) is 0 Å². The Morgan fingerprint density at radius 1 is 1.29 bits per heavy atom. The normalized spacial score (nSPS) is 14.7. The Kier molecular flexibility index (Phi) is 5.48. The lowest BCUT2D eigenvalue weighted by molar-refractivity contribution is 0.337. The van der Waals surface area contributed by atoms with Crippen molar-refractivity contribution >= 4 is 11.8 Å². The first kappa shape index (κ1) is 16.5. The molecule has 1 aromatic heterocycles. The number of methoxy groups -OCH3 is 1. The van der Waals surface area contributed by atoms with Crippen molar-refractivity contribution < 1.29 is 4.74 Å². The lowest BCUT2D eigenvalue weighted by Gasteiger charge is -2.16. The second-order valence-electron chi connectivity index (χ2n) is 6.05. The van der Waals surface area contributed by atoms with Crippen LogP contribution in [0.15, 0.2) is 30.5 Å². The van der Waals surface area contributed by atoms with Gasteiger partial charge in [0.15, 0.2) is 0 Å². The maximum Gasteiger partial charge on any atom is 0.221 e. The summed E-state index contributed by atoms with van der Waals surface area (Å²) in [5.41, 5.74) is 7.72. The molecule has 0 amide bonds. The molecule has 1 aliphatic rings. The number of anilines is 2. The highest BCUT2D eigenvalue weighted by Crippen LogP contribution is 2.28. The average Bonchev–Trinajstić information content (AvgIpc) is 3.12. The summed E-state index contributed by atoms with van der Waals surface area (Å²) in [6.45, 7) is 4.46. The van der Waals surface area contributed by atoms with Gasteiger partial charge in [-0.25, -0.2) is 4.98 Å². The molecule has 6 nitrogen and oxygen atoms in total. The van der Waals surface area contributed by atoms with Crippen molar-refractivity contribution in [3.63, 3.8) is 0 Å². The maximum atomic E-state index is 5.77. The molecule has 128 valence electrons. The number of benzene rings is 1. The Morgan fingerprint density at radius 3 is 2.92 bits per heavy atom. The lowest BCUT2D eigenvalue weighted by atomic mass is 10.1. The molecule has 1 fully saturated rings. The van der Waals surface area contributed by atoms with Crippen molar-refractivity contribution in [3.8, 4) is 16.9 Å². The standard InChI is InChI=1S/C18H25N5O/c1-24-15-7-4-6-14(12-15)16-13-21-18(19)22-17(16)20-8-5-11-23-9-2-3-10-23/h4,6-7,12-13H,2-3,5,8-11H2,1H3,(H3,19,20,21,22). The van der Waals surface area contributed by atoms with E-state index in [4.69, 9.17) is 10.5 Å². The number of likely N-dealkylation sites (tertiary alicyclic amines) is 1. The number of nitrogens with one attached hydrogen (secondary N) is 1. The van der Waals surface area contributed by atoms with E-state index in [2.05, 4.69) is 20.2 Å². The molecule has 0 atom stereocenters. The van der Waals surface area contributed by atoms with Crippen LogP contribution in [0.5, 0.6) is 5.75 Å². The highest BCUT2D eigenvalue weighted by molar-refractivity contribution is 5.75. The molecule has 2 heterocycles. The molecule has 3 N–H and O–H groups in total. The first-order valence-electron chi connectivity index (χ1n) is 8.49. The van der Waals surface area contributed by atoms with Gasteiger partial charge in [0.1, 0.15) is 11.6 Å². The molecule has 1 aliphatic heterocycles. The summed E-state index contributed by atoms with van der Waals surface area (Å²) < 4.78 is 5.30. The molecule has 0 bridgehead atoms. The molecule has 6 heteroatoms. The van der Waals surface area contributed by atoms with E-state index in [-0.39, 0.29) is 5.95 Å². The molecule has 0 unspecified atom stereocenters. The van der Waals surface area contributed by atoms with E-state index in [1.165, 1.54) is 25.9 Å². The minimum atomic E-state index is 0.281. The molecule has 0 aliphatic carbocycles. The lowest BCUT2D eigenvalue weighted by Crippen LogP contribution is -2.22. The number of hydrogen-bond acceptors (Lipinski definition) is 6. The fourth-order valence-electron chi connectivity index (χ4n) is 3.05. The van der Waals surface area contributed by atoms with Crippen LogP contribution in [0.2, 0.25) is 0 Å². The molecular formula is C18H25N5O. The zero-order chi connectivity index (χ0) is 16.8. The first-order chi connectivity index (χ1) is 11.8. The molecule has 1 aromatic carbocycles. The van der Waals surface area contributed by atoms with Crippen LogP contribution in [0.4, 0.5) is 11.8 Å². The van der Waals surface area contributed by atoms with Crippen LogP contribution in [-0.2, 0) is 0 Å². The van der Waals surface area contributed by atoms with Gasteiger partial charge >= 0.3 is 0 Å². The summed E-state index contributed by atoms with van der Waals surface area (Å²) in [6, 6.07) is 7.88. The van der Waals surface area contributed by atoms with Crippen molar-refractivity contribution in [1.82, 2.24) is 14.9 Å². The van der Waals surface area contributed by atoms with Gasteiger partial charge in [-0.2, -0.15) is 4.98 Å². The fourth-order valence-corrected chi connectivity index (χ4v) is 3.05. The predicted molar refractivity (Wildman–Crippen MR) is 97.2 cm³/mol. The summed E-state index contributed by atoms with van der Waals surface area (Å²) >= 11 is 0. The molecule has 0 saturated carbocycles. The van der Waals surface area contributed by atoms with E-state index in [9.17, 15) is 0 Å². The van der Waals surface area contributed by atoms with Gasteiger partial charge in [-0.1, -0.05) is 12.1 Å². The maximum absolute atomic E-state index is 5.77. The quantitative estimate of drug-likeness (QED) is 0.761. The Labute approximate surface area is 143 Å². The molecule has 24 heavy (non-hydrogen) atoms. The van der Waals surface area contributed by atoms with Gasteiger partial charge in [0.25, 0.3) is 0 Å². The minimum absolute atomic E-state index is 0.281. The van der Waals surface area contributed by atoms with Crippen LogP contribution in [0, 0.1) is 0 Å². The second-order valence-corrected chi connectivity index (χ2v) is 6.05. The summed E-state index contributed by atoms with van der Waals surface area (Å²) in [5.74, 6) is 1.87. The predicted octanol–water partition coefficient (Wildman–Crippen LogP) is 2.63. The van der Waals surface area contributed by atoms with Crippen LogP contribution in [-0.4, -0.2) is 48.2 Å².